The summed E-state index contributed by atoms with van der Waals surface area (Å²) in [6, 6.07) is 0. The van der Waals surface area contributed by atoms with Gasteiger partial charge in [0.2, 0.25) is 0 Å². The fraction of sp³-hybridized carbons (Fsp3) is 0.800. The quantitative estimate of drug-likeness (QED) is 0.788. The van der Waals surface area contributed by atoms with Crippen LogP contribution in [0.1, 0.15) is 25.7 Å². The molecule has 2 unspecified atom stereocenters. The fourth-order valence-corrected chi connectivity index (χ4v) is 2.05. The second-order valence-electron chi connectivity index (χ2n) is 3.87. The Labute approximate surface area is 95.3 Å². The number of aliphatic hydroxyl groups excluding tert-OH is 1. The molecule has 0 aromatic heterocycles. The van der Waals surface area contributed by atoms with Crippen molar-refractivity contribution in [2.24, 2.45) is 5.92 Å². The molecular weight excluding hydrogens is 221 g/mol. The van der Waals surface area contributed by atoms with Gasteiger partial charge in [-0.3, -0.25) is 0 Å². The van der Waals surface area contributed by atoms with Gasteiger partial charge in [0.25, 0.3) is 0 Å². The molecule has 0 saturated heterocycles. The zero-order valence-corrected chi connectivity index (χ0v) is 9.69. The van der Waals surface area contributed by atoms with Gasteiger partial charge < -0.3 is 10.4 Å². The lowest BCUT2D eigenvalue weighted by atomic mass is 9.87. The maximum atomic E-state index is 9.45. The first-order valence-corrected chi connectivity index (χ1v) is 5.87. The summed E-state index contributed by atoms with van der Waals surface area (Å²) in [5.74, 6) is 0.582. The SMILES string of the molecule is OC1CCCC(CNCC(Cl)=CCl)C1. The largest absolute Gasteiger partial charge is 0.393 e. The van der Waals surface area contributed by atoms with E-state index in [1.54, 1.807) is 0 Å². The maximum Gasteiger partial charge on any atom is 0.0543 e. The van der Waals surface area contributed by atoms with Crippen LogP contribution in [0, 0.1) is 5.92 Å². The Balaban J connectivity index is 2.11. The first-order chi connectivity index (χ1) is 6.72. The van der Waals surface area contributed by atoms with Gasteiger partial charge in [-0.15, -0.1) is 0 Å². The Hall–Kier alpha value is 0.240. The van der Waals surface area contributed by atoms with Gasteiger partial charge in [-0.25, -0.2) is 0 Å². The molecule has 0 aromatic rings. The second-order valence-corrected chi connectivity index (χ2v) is 4.58. The molecule has 4 heteroatoms. The normalized spacial score (nSPS) is 29.2. The van der Waals surface area contributed by atoms with Crippen LogP contribution in [0.25, 0.3) is 0 Å². The molecule has 82 valence electrons. The van der Waals surface area contributed by atoms with Crippen molar-refractivity contribution in [3.05, 3.63) is 10.6 Å². The Morgan fingerprint density at radius 1 is 1.50 bits per heavy atom. The van der Waals surface area contributed by atoms with Crippen LogP contribution in [0.2, 0.25) is 0 Å². The second kappa shape index (κ2) is 6.67. The number of hydrogen-bond donors (Lipinski definition) is 2. The molecule has 1 rings (SSSR count). The summed E-state index contributed by atoms with van der Waals surface area (Å²) in [5, 5.41) is 13.3. The lowest BCUT2D eigenvalue weighted by Gasteiger charge is -2.25. The van der Waals surface area contributed by atoms with E-state index in [1.807, 2.05) is 0 Å². The number of rotatable bonds is 4. The van der Waals surface area contributed by atoms with Gasteiger partial charge >= 0.3 is 0 Å². The summed E-state index contributed by atoms with van der Waals surface area (Å²) in [4.78, 5) is 0. The molecule has 1 fully saturated rings. The summed E-state index contributed by atoms with van der Waals surface area (Å²) >= 11 is 11.2. The molecule has 0 spiro atoms. The lowest BCUT2D eigenvalue weighted by Crippen LogP contribution is -2.29. The van der Waals surface area contributed by atoms with E-state index in [4.69, 9.17) is 23.2 Å². The molecule has 0 aromatic carbocycles. The summed E-state index contributed by atoms with van der Waals surface area (Å²) in [6.45, 7) is 1.54. The van der Waals surface area contributed by atoms with Gasteiger partial charge in [0, 0.05) is 17.1 Å². The van der Waals surface area contributed by atoms with E-state index in [0.29, 0.717) is 17.5 Å². The Kier molecular flexibility index (Phi) is 5.87. The highest BCUT2D eigenvalue weighted by atomic mass is 35.5. The van der Waals surface area contributed by atoms with Gasteiger partial charge in [-0.1, -0.05) is 29.6 Å². The van der Waals surface area contributed by atoms with Gasteiger partial charge in [0.1, 0.15) is 0 Å². The molecule has 0 radical (unpaired) electrons. The number of nitrogens with one attached hydrogen (secondary N) is 1. The molecule has 14 heavy (non-hydrogen) atoms. The van der Waals surface area contributed by atoms with E-state index in [-0.39, 0.29) is 6.10 Å². The van der Waals surface area contributed by atoms with Crippen molar-refractivity contribution >= 4 is 23.2 Å². The van der Waals surface area contributed by atoms with Gasteiger partial charge in [0.05, 0.1) is 6.10 Å². The van der Waals surface area contributed by atoms with Gasteiger partial charge in [-0.05, 0) is 31.7 Å². The van der Waals surface area contributed by atoms with Crippen molar-refractivity contribution in [2.45, 2.75) is 31.8 Å². The zero-order chi connectivity index (χ0) is 10.4. The minimum absolute atomic E-state index is 0.102. The molecule has 0 aliphatic heterocycles. The summed E-state index contributed by atoms with van der Waals surface area (Å²) in [5.41, 5.74) is 1.38. The molecule has 2 atom stereocenters. The summed E-state index contributed by atoms with van der Waals surface area (Å²) < 4.78 is 0. The highest BCUT2D eigenvalue weighted by molar-refractivity contribution is 6.36. The van der Waals surface area contributed by atoms with E-state index in [9.17, 15) is 5.11 Å². The van der Waals surface area contributed by atoms with Crippen molar-refractivity contribution < 1.29 is 5.11 Å². The fourth-order valence-electron chi connectivity index (χ4n) is 1.88. The summed E-state index contributed by atoms with van der Waals surface area (Å²) in [7, 11) is 0. The monoisotopic (exact) mass is 237 g/mol. The van der Waals surface area contributed by atoms with Crippen molar-refractivity contribution in [1.82, 2.24) is 5.32 Å². The van der Waals surface area contributed by atoms with Crippen LogP contribution in [-0.2, 0) is 0 Å². The minimum Gasteiger partial charge on any atom is -0.393 e. The van der Waals surface area contributed by atoms with Crippen LogP contribution < -0.4 is 5.32 Å². The molecule has 1 aliphatic carbocycles. The van der Waals surface area contributed by atoms with Crippen molar-refractivity contribution in [3.8, 4) is 0 Å². The number of aliphatic hydroxyl groups is 1. The molecule has 1 aliphatic rings. The standard InChI is InChI=1S/C10H17Cl2NO/c11-5-9(12)7-13-6-8-2-1-3-10(14)4-8/h5,8,10,13-14H,1-4,6-7H2. The molecule has 0 heterocycles. The highest BCUT2D eigenvalue weighted by Gasteiger charge is 2.19. The summed E-state index contributed by atoms with van der Waals surface area (Å²) in [6.07, 6.45) is 4.10. The third kappa shape index (κ3) is 4.65. The van der Waals surface area contributed by atoms with Crippen LogP contribution in [0.5, 0.6) is 0 Å². The van der Waals surface area contributed by atoms with Crippen molar-refractivity contribution in [3.63, 3.8) is 0 Å². The number of hydrogen-bond acceptors (Lipinski definition) is 2. The van der Waals surface area contributed by atoms with Crippen LogP contribution in [0.3, 0.4) is 0 Å². The first-order valence-electron chi connectivity index (χ1n) is 5.06. The van der Waals surface area contributed by atoms with E-state index in [1.165, 1.54) is 12.0 Å². The van der Waals surface area contributed by atoms with E-state index < -0.39 is 0 Å². The van der Waals surface area contributed by atoms with Crippen LogP contribution in [0.4, 0.5) is 0 Å². The topological polar surface area (TPSA) is 32.3 Å². The van der Waals surface area contributed by atoms with Crippen LogP contribution in [-0.4, -0.2) is 24.3 Å². The van der Waals surface area contributed by atoms with Crippen LogP contribution >= 0.6 is 23.2 Å². The van der Waals surface area contributed by atoms with Crippen molar-refractivity contribution in [1.29, 1.82) is 0 Å². The van der Waals surface area contributed by atoms with Gasteiger partial charge in [0.15, 0.2) is 0 Å². The number of halogens is 2. The molecular formula is C10H17Cl2NO. The minimum atomic E-state index is -0.102. The van der Waals surface area contributed by atoms with E-state index in [0.717, 1.165) is 25.8 Å². The van der Waals surface area contributed by atoms with Gasteiger partial charge in [-0.2, -0.15) is 0 Å². The highest BCUT2D eigenvalue weighted by Crippen LogP contribution is 2.23. The maximum absolute atomic E-state index is 9.45. The lowest BCUT2D eigenvalue weighted by molar-refractivity contribution is 0.101. The third-order valence-electron chi connectivity index (χ3n) is 2.60. The molecule has 2 nitrogen and oxygen atoms in total. The first kappa shape index (κ1) is 12.3. The smallest absolute Gasteiger partial charge is 0.0543 e. The third-order valence-corrected chi connectivity index (χ3v) is 3.22. The average Bonchev–Trinajstić information content (AvgIpc) is 2.17. The molecule has 1 saturated carbocycles. The molecule has 0 amide bonds. The van der Waals surface area contributed by atoms with Crippen molar-refractivity contribution in [2.75, 3.05) is 13.1 Å². The molecule has 2 N–H and O–H groups in total. The van der Waals surface area contributed by atoms with E-state index >= 15 is 0 Å². The Bertz CT molecular complexity index is 197. The predicted octanol–water partition coefficient (Wildman–Crippen LogP) is 2.45. The zero-order valence-electron chi connectivity index (χ0n) is 8.18. The average molecular weight is 238 g/mol. The predicted molar refractivity (Wildman–Crippen MR) is 60.6 cm³/mol. The Morgan fingerprint density at radius 2 is 2.29 bits per heavy atom. The molecule has 0 bridgehead atoms. The van der Waals surface area contributed by atoms with Crippen LogP contribution in [0.15, 0.2) is 10.6 Å². The van der Waals surface area contributed by atoms with E-state index in [2.05, 4.69) is 5.32 Å². The Morgan fingerprint density at radius 3 is 2.93 bits per heavy atom.